The summed E-state index contributed by atoms with van der Waals surface area (Å²) >= 11 is 0. The standard InChI is InChI=1S/C19H18N4O3/c20-13-14-4-7-16(8-5-14)21-19(24)15-6-9-17(18(12-15)23(25)26)22-10-2-1-3-11-22/h4-9,12H,1-3,10-11H2,(H,21,24). The lowest BCUT2D eigenvalue weighted by Gasteiger charge is -2.28. The summed E-state index contributed by atoms with van der Waals surface area (Å²) in [7, 11) is 0. The van der Waals surface area contributed by atoms with E-state index in [1.807, 2.05) is 11.0 Å². The first kappa shape index (κ1) is 17.4. The number of nitro benzene ring substituents is 1. The molecule has 1 fully saturated rings. The number of benzene rings is 2. The van der Waals surface area contributed by atoms with Crippen LogP contribution in [-0.4, -0.2) is 23.9 Å². The number of nitrogens with zero attached hydrogens (tertiary/aromatic N) is 3. The molecular formula is C19H18N4O3. The Hall–Kier alpha value is -3.40. The Morgan fingerprint density at radius 1 is 1.12 bits per heavy atom. The average molecular weight is 350 g/mol. The molecule has 2 aromatic carbocycles. The van der Waals surface area contributed by atoms with Gasteiger partial charge in [-0.2, -0.15) is 5.26 Å². The molecule has 7 nitrogen and oxygen atoms in total. The Balaban J connectivity index is 1.82. The van der Waals surface area contributed by atoms with E-state index >= 15 is 0 Å². The van der Waals surface area contributed by atoms with Crippen molar-refractivity contribution in [3.8, 4) is 6.07 Å². The smallest absolute Gasteiger partial charge is 0.293 e. The van der Waals surface area contributed by atoms with Crippen LogP contribution in [0.4, 0.5) is 17.1 Å². The van der Waals surface area contributed by atoms with Gasteiger partial charge in [-0.1, -0.05) is 0 Å². The lowest BCUT2D eigenvalue weighted by molar-refractivity contribution is -0.384. The SMILES string of the molecule is N#Cc1ccc(NC(=O)c2ccc(N3CCCCC3)c([N+](=O)[O-])c2)cc1. The molecule has 7 heteroatoms. The van der Waals surface area contributed by atoms with Crippen molar-refractivity contribution in [3.05, 3.63) is 63.7 Å². The number of piperidine rings is 1. The lowest BCUT2D eigenvalue weighted by atomic mass is 10.1. The highest BCUT2D eigenvalue weighted by Crippen LogP contribution is 2.31. The van der Waals surface area contributed by atoms with Crippen molar-refractivity contribution >= 4 is 23.0 Å². The van der Waals surface area contributed by atoms with Crippen LogP contribution in [0.25, 0.3) is 0 Å². The number of nitriles is 1. The molecule has 3 rings (SSSR count). The minimum Gasteiger partial charge on any atom is -0.366 e. The van der Waals surface area contributed by atoms with E-state index in [0.717, 1.165) is 32.4 Å². The molecule has 1 aliphatic heterocycles. The van der Waals surface area contributed by atoms with Gasteiger partial charge in [0.2, 0.25) is 0 Å². The van der Waals surface area contributed by atoms with E-state index in [4.69, 9.17) is 5.26 Å². The zero-order valence-electron chi connectivity index (χ0n) is 14.1. The van der Waals surface area contributed by atoms with Gasteiger partial charge in [-0.3, -0.25) is 14.9 Å². The van der Waals surface area contributed by atoms with Gasteiger partial charge in [0, 0.05) is 30.4 Å². The normalized spacial score (nSPS) is 13.7. The number of nitrogens with one attached hydrogen (secondary N) is 1. The Morgan fingerprint density at radius 2 is 1.81 bits per heavy atom. The van der Waals surface area contributed by atoms with Crippen LogP contribution in [0.2, 0.25) is 0 Å². The molecule has 1 amide bonds. The third kappa shape index (κ3) is 3.81. The summed E-state index contributed by atoms with van der Waals surface area (Å²) in [6.07, 6.45) is 3.16. The molecule has 0 aromatic heterocycles. The van der Waals surface area contributed by atoms with Gasteiger partial charge in [-0.05, 0) is 55.7 Å². The van der Waals surface area contributed by atoms with E-state index < -0.39 is 10.8 Å². The maximum atomic E-state index is 12.4. The highest BCUT2D eigenvalue weighted by Gasteiger charge is 2.23. The molecule has 26 heavy (non-hydrogen) atoms. The molecule has 0 spiro atoms. The van der Waals surface area contributed by atoms with Gasteiger partial charge in [-0.15, -0.1) is 0 Å². The summed E-state index contributed by atoms with van der Waals surface area (Å²) in [6, 6.07) is 13.0. The Kier molecular flexibility index (Phi) is 5.13. The maximum Gasteiger partial charge on any atom is 0.293 e. The largest absolute Gasteiger partial charge is 0.366 e. The first-order valence-corrected chi connectivity index (χ1v) is 8.43. The molecule has 0 radical (unpaired) electrons. The summed E-state index contributed by atoms with van der Waals surface area (Å²) in [5.41, 5.74) is 1.74. The third-order valence-electron chi connectivity index (χ3n) is 4.40. The summed E-state index contributed by atoms with van der Waals surface area (Å²) < 4.78 is 0. The van der Waals surface area contributed by atoms with Gasteiger partial charge in [0.25, 0.3) is 11.6 Å². The molecule has 1 saturated heterocycles. The van der Waals surface area contributed by atoms with E-state index in [0.29, 0.717) is 16.9 Å². The topological polar surface area (TPSA) is 99.3 Å². The van der Waals surface area contributed by atoms with Crippen LogP contribution >= 0.6 is 0 Å². The fourth-order valence-electron chi connectivity index (χ4n) is 3.04. The fourth-order valence-corrected chi connectivity index (χ4v) is 3.04. The number of anilines is 2. The minimum absolute atomic E-state index is 0.0561. The Bertz CT molecular complexity index is 865. The van der Waals surface area contributed by atoms with E-state index in [1.165, 1.54) is 6.07 Å². The Morgan fingerprint density at radius 3 is 2.42 bits per heavy atom. The van der Waals surface area contributed by atoms with E-state index in [1.54, 1.807) is 36.4 Å². The average Bonchev–Trinajstić information content (AvgIpc) is 2.68. The third-order valence-corrected chi connectivity index (χ3v) is 4.40. The van der Waals surface area contributed by atoms with Crippen LogP contribution in [0.3, 0.4) is 0 Å². The number of rotatable bonds is 4. The number of nitro groups is 1. The Labute approximate surface area is 151 Å². The molecule has 0 bridgehead atoms. The highest BCUT2D eigenvalue weighted by molar-refractivity contribution is 6.05. The van der Waals surface area contributed by atoms with Gasteiger partial charge in [0.05, 0.1) is 16.6 Å². The number of amides is 1. The number of hydrogen-bond acceptors (Lipinski definition) is 5. The monoisotopic (exact) mass is 350 g/mol. The van der Waals surface area contributed by atoms with Crippen molar-refractivity contribution in [2.45, 2.75) is 19.3 Å². The number of carbonyl (C=O) groups is 1. The van der Waals surface area contributed by atoms with E-state index in [-0.39, 0.29) is 11.3 Å². The van der Waals surface area contributed by atoms with Crippen LogP contribution < -0.4 is 10.2 Å². The number of hydrogen-bond donors (Lipinski definition) is 1. The van der Waals surface area contributed by atoms with Crippen molar-refractivity contribution < 1.29 is 9.72 Å². The zero-order valence-corrected chi connectivity index (χ0v) is 14.1. The second-order valence-electron chi connectivity index (χ2n) is 6.15. The molecule has 1 N–H and O–H groups in total. The van der Waals surface area contributed by atoms with Crippen LogP contribution in [-0.2, 0) is 0 Å². The van der Waals surface area contributed by atoms with Crippen molar-refractivity contribution in [1.82, 2.24) is 0 Å². The first-order valence-electron chi connectivity index (χ1n) is 8.43. The van der Waals surface area contributed by atoms with Crippen LogP contribution in [0.1, 0.15) is 35.2 Å². The second-order valence-corrected chi connectivity index (χ2v) is 6.15. The summed E-state index contributed by atoms with van der Waals surface area (Å²) in [5, 5.41) is 23.0. The summed E-state index contributed by atoms with van der Waals surface area (Å²) in [5.74, 6) is -0.428. The minimum atomic E-state index is -0.442. The van der Waals surface area contributed by atoms with Crippen molar-refractivity contribution in [2.75, 3.05) is 23.3 Å². The summed E-state index contributed by atoms with van der Waals surface area (Å²) in [6.45, 7) is 1.58. The van der Waals surface area contributed by atoms with Gasteiger partial charge < -0.3 is 10.2 Å². The molecule has 2 aromatic rings. The molecule has 0 unspecified atom stereocenters. The molecule has 0 saturated carbocycles. The highest BCUT2D eigenvalue weighted by atomic mass is 16.6. The van der Waals surface area contributed by atoms with Gasteiger partial charge in [-0.25, -0.2) is 0 Å². The summed E-state index contributed by atoms with van der Waals surface area (Å²) in [4.78, 5) is 25.5. The van der Waals surface area contributed by atoms with Gasteiger partial charge >= 0.3 is 0 Å². The predicted octanol–water partition coefficient (Wildman–Crippen LogP) is 3.71. The molecule has 1 heterocycles. The molecule has 0 aliphatic carbocycles. The second kappa shape index (κ2) is 7.66. The first-order chi connectivity index (χ1) is 12.6. The molecule has 132 valence electrons. The van der Waals surface area contributed by atoms with E-state index in [2.05, 4.69) is 5.32 Å². The number of carbonyl (C=O) groups excluding carboxylic acids is 1. The van der Waals surface area contributed by atoms with E-state index in [9.17, 15) is 14.9 Å². The van der Waals surface area contributed by atoms with Crippen molar-refractivity contribution in [2.24, 2.45) is 0 Å². The zero-order chi connectivity index (χ0) is 18.5. The quantitative estimate of drug-likeness (QED) is 0.669. The maximum absolute atomic E-state index is 12.4. The molecule has 0 atom stereocenters. The van der Waals surface area contributed by atoms with Gasteiger partial charge in [0.15, 0.2) is 0 Å². The lowest BCUT2D eigenvalue weighted by Crippen LogP contribution is -2.30. The predicted molar refractivity (Wildman–Crippen MR) is 98.3 cm³/mol. The molecule has 1 aliphatic rings. The molecular weight excluding hydrogens is 332 g/mol. The van der Waals surface area contributed by atoms with Crippen LogP contribution in [0.5, 0.6) is 0 Å². The van der Waals surface area contributed by atoms with Crippen molar-refractivity contribution in [1.29, 1.82) is 5.26 Å². The van der Waals surface area contributed by atoms with Gasteiger partial charge in [0.1, 0.15) is 5.69 Å². The van der Waals surface area contributed by atoms with Crippen LogP contribution in [0.15, 0.2) is 42.5 Å². The fraction of sp³-hybridized carbons (Fsp3) is 0.263. The van der Waals surface area contributed by atoms with Crippen LogP contribution in [0, 0.1) is 21.4 Å². The van der Waals surface area contributed by atoms with Crippen molar-refractivity contribution in [3.63, 3.8) is 0 Å².